The fourth-order valence-corrected chi connectivity index (χ4v) is 5.52. The fourth-order valence-electron chi connectivity index (χ4n) is 3.56. The fraction of sp³-hybridized carbons (Fsp3) is 0.316. The second kappa shape index (κ2) is 7.53. The highest BCUT2D eigenvalue weighted by molar-refractivity contribution is 7.89. The van der Waals surface area contributed by atoms with Crippen LogP contribution in [0, 0.1) is 19.7 Å². The average molecular weight is 417 g/mol. The quantitative estimate of drug-likeness (QED) is 0.678. The molecule has 152 valence electrons. The van der Waals surface area contributed by atoms with Crippen LogP contribution < -0.4 is 5.32 Å². The third kappa shape index (κ3) is 3.73. The second-order valence-corrected chi connectivity index (χ2v) is 8.71. The lowest BCUT2D eigenvalue weighted by Crippen LogP contribution is -2.31. The van der Waals surface area contributed by atoms with Crippen molar-refractivity contribution in [3.8, 4) is 0 Å². The Morgan fingerprint density at radius 1 is 1.17 bits per heavy atom. The molecule has 0 spiro atoms. The molecule has 4 rings (SSSR count). The number of anilines is 2. The molecule has 3 aromatic rings. The Balaban J connectivity index is 1.57. The summed E-state index contributed by atoms with van der Waals surface area (Å²) in [7, 11) is -3.74. The van der Waals surface area contributed by atoms with Crippen LogP contribution in [0.25, 0.3) is 0 Å². The van der Waals surface area contributed by atoms with E-state index in [-0.39, 0.29) is 16.7 Å². The molecule has 4 heterocycles. The van der Waals surface area contributed by atoms with Gasteiger partial charge in [-0.15, -0.1) is 0 Å². The van der Waals surface area contributed by atoms with E-state index in [0.717, 1.165) is 12.6 Å². The summed E-state index contributed by atoms with van der Waals surface area (Å²) in [5.74, 6) is 0.363. The highest BCUT2D eigenvalue weighted by atomic mass is 32.2. The topological polar surface area (TPSA) is 101 Å². The molecule has 3 aromatic heterocycles. The van der Waals surface area contributed by atoms with E-state index in [0.29, 0.717) is 35.9 Å². The van der Waals surface area contributed by atoms with E-state index in [9.17, 15) is 12.8 Å². The van der Waals surface area contributed by atoms with Crippen LogP contribution in [-0.2, 0) is 10.0 Å². The van der Waals surface area contributed by atoms with Gasteiger partial charge >= 0.3 is 0 Å². The molecule has 29 heavy (non-hydrogen) atoms. The number of sulfonamides is 1. The lowest BCUT2D eigenvalue weighted by atomic mass is 10.1. The Bertz CT molecular complexity index is 1090. The van der Waals surface area contributed by atoms with Crippen molar-refractivity contribution in [1.29, 1.82) is 0 Å². The van der Waals surface area contributed by atoms with Gasteiger partial charge in [-0.25, -0.2) is 17.8 Å². The van der Waals surface area contributed by atoms with Crippen molar-refractivity contribution in [1.82, 2.24) is 19.4 Å². The van der Waals surface area contributed by atoms with Crippen LogP contribution in [0.1, 0.15) is 36.0 Å². The van der Waals surface area contributed by atoms with Crippen molar-refractivity contribution < 1.29 is 17.3 Å². The number of halogens is 1. The van der Waals surface area contributed by atoms with E-state index < -0.39 is 15.8 Å². The van der Waals surface area contributed by atoms with Crippen molar-refractivity contribution in [2.75, 3.05) is 11.9 Å². The van der Waals surface area contributed by atoms with E-state index in [2.05, 4.69) is 20.4 Å². The summed E-state index contributed by atoms with van der Waals surface area (Å²) in [5.41, 5.74) is 1.69. The van der Waals surface area contributed by atoms with Crippen LogP contribution in [0.3, 0.4) is 0 Å². The number of nitrogens with one attached hydrogen (secondary N) is 1. The van der Waals surface area contributed by atoms with Crippen molar-refractivity contribution in [3.63, 3.8) is 0 Å². The van der Waals surface area contributed by atoms with Crippen molar-refractivity contribution >= 4 is 21.5 Å². The number of rotatable bonds is 5. The van der Waals surface area contributed by atoms with Crippen LogP contribution in [0.4, 0.5) is 15.9 Å². The lowest BCUT2D eigenvalue weighted by molar-refractivity contribution is 0.381. The summed E-state index contributed by atoms with van der Waals surface area (Å²) in [4.78, 5) is 8.53. The Morgan fingerprint density at radius 2 is 2.00 bits per heavy atom. The molecule has 1 N–H and O–H groups in total. The van der Waals surface area contributed by atoms with Crippen molar-refractivity contribution in [2.45, 2.75) is 37.6 Å². The first kappa shape index (κ1) is 19.5. The minimum absolute atomic E-state index is 0.130. The molecule has 0 aromatic carbocycles. The van der Waals surface area contributed by atoms with Crippen molar-refractivity contribution in [3.05, 3.63) is 59.6 Å². The van der Waals surface area contributed by atoms with Gasteiger partial charge in [-0.1, -0.05) is 5.16 Å². The molecule has 1 aliphatic heterocycles. The Hall–Kier alpha value is -2.85. The molecule has 10 heteroatoms. The molecule has 0 aliphatic carbocycles. The first-order chi connectivity index (χ1) is 13.9. The Labute approximate surface area is 167 Å². The van der Waals surface area contributed by atoms with Gasteiger partial charge in [0.1, 0.15) is 22.2 Å². The number of hydrogen-bond donors (Lipinski definition) is 1. The van der Waals surface area contributed by atoms with Crippen LogP contribution in [0.15, 0.2) is 46.1 Å². The van der Waals surface area contributed by atoms with Gasteiger partial charge in [-0.05, 0) is 51.0 Å². The van der Waals surface area contributed by atoms with E-state index in [1.54, 1.807) is 32.2 Å². The Morgan fingerprint density at radius 3 is 2.62 bits per heavy atom. The molecule has 0 amide bonds. The average Bonchev–Trinajstić information content (AvgIpc) is 3.32. The van der Waals surface area contributed by atoms with Gasteiger partial charge in [0.2, 0.25) is 10.0 Å². The van der Waals surface area contributed by atoms with Gasteiger partial charge in [0.15, 0.2) is 5.76 Å². The molecule has 1 atom stereocenters. The van der Waals surface area contributed by atoms with Gasteiger partial charge in [-0.2, -0.15) is 4.31 Å². The standard InChI is InChI=1S/C19H20FN5O3S/c1-12-19(13(2)28-24-12)29(26,27)25-9-3-4-17(25)16-7-6-15(11-21-16)23-18-8-5-14(20)10-22-18/h5-8,10-11,17H,3-4,9H2,1-2H3,(H,22,23). The van der Waals surface area contributed by atoms with Crippen LogP contribution >= 0.6 is 0 Å². The number of pyridine rings is 2. The molecule has 1 aliphatic rings. The van der Waals surface area contributed by atoms with Gasteiger partial charge in [0.05, 0.1) is 29.8 Å². The van der Waals surface area contributed by atoms with Gasteiger partial charge < -0.3 is 9.84 Å². The largest absolute Gasteiger partial charge is 0.360 e. The smallest absolute Gasteiger partial charge is 0.249 e. The maximum Gasteiger partial charge on any atom is 0.249 e. The van der Waals surface area contributed by atoms with E-state index >= 15 is 0 Å². The zero-order valence-electron chi connectivity index (χ0n) is 16.0. The molecule has 1 fully saturated rings. The summed E-state index contributed by atoms with van der Waals surface area (Å²) in [6.45, 7) is 3.63. The molecule has 8 nitrogen and oxygen atoms in total. The maximum atomic E-state index is 13.2. The minimum Gasteiger partial charge on any atom is -0.360 e. The molecule has 0 radical (unpaired) electrons. The highest BCUT2D eigenvalue weighted by Crippen LogP contribution is 2.37. The van der Waals surface area contributed by atoms with E-state index in [1.807, 2.05) is 0 Å². The Kier molecular flexibility index (Phi) is 5.05. The maximum absolute atomic E-state index is 13.2. The molecule has 1 saturated heterocycles. The molecular formula is C19H20FN5O3S. The monoisotopic (exact) mass is 417 g/mol. The first-order valence-electron chi connectivity index (χ1n) is 9.15. The predicted molar refractivity (Wildman–Crippen MR) is 104 cm³/mol. The summed E-state index contributed by atoms with van der Waals surface area (Å²) in [6.07, 6.45) is 4.16. The minimum atomic E-state index is -3.74. The number of aryl methyl sites for hydroxylation is 2. The molecule has 0 saturated carbocycles. The highest BCUT2D eigenvalue weighted by Gasteiger charge is 2.39. The molecule has 1 unspecified atom stereocenters. The number of nitrogens with zero attached hydrogens (tertiary/aromatic N) is 4. The zero-order valence-corrected chi connectivity index (χ0v) is 16.8. The summed E-state index contributed by atoms with van der Waals surface area (Å²) in [5, 5.41) is 6.81. The van der Waals surface area contributed by atoms with Crippen LogP contribution in [0.5, 0.6) is 0 Å². The molecule has 0 bridgehead atoms. The first-order valence-corrected chi connectivity index (χ1v) is 10.6. The van der Waals surface area contributed by atoms with Gasteiger partial charge in [0.25, 0.3) is 0 Å². The van der Waals surface area contributed by atoms with Crippen LogP contribution in [0.2, 0.25) is 0 Å². The lowest BCUT2D eigenvalue weighted by Gasteiger charge is -2.23. The van der Waals surface area contributed by atoms with E-state index in [1.165, 1.54) is 16.4 Å². The predicted octanol–water partition coefficient (Wildman–Crippen LogP) is 3.49. The van der Waals surface area contributed by atoms with Gasteiger partial charge in [-0.3, -0.25) is 4.98 Å². The normalized spacial score (nSPS) is 17.6. The second-order valence-electron chi connectivity index (χ2n) is 6.89. The summed E-state index contributed by atoms with van der Waals surface area (Å²) >= 11 is 0. The van der Waals surface area contributed by atoms with Gasteiger partial charge in [0, 0.05) is 6.54 Å². The number of hydrogen-bond acceptors (Lipinski definition) is 7. The van der Waals surface area contributed by atoms with E-state index in [4.69, 9.17) is 4.52 Å². The summed E-state index contributed by atoms with van der Waals surface area (Å²) < 4.78 is 45.9. The summed E-state index contributed by atoms with van der Waals surface area (Å²) in [6, 6.07) is 6.07. The number of aromatic nitrogens is 3. The SMILES string of the molecule is Cc1noc(C)c1S(=O)(=O)N1CCCC1c1ccc(Nc2ccc(F)cn2)cn1. The van der Waals surface area contributed by atoms with Crippen LogP contribution in [-0.4, -0.2) is 34.4 Å². The molecular weight excluding hydrogens is 397 g/mol. The third-order valence-electron chi connectivity index (χ3n) is 4.87. The van der Waals surface area contributed by atoms with Crippen molar-refractivity contribution in [2.24, 2.45) is 0 Å². The zero-order chi connectivity index (χ0) is 20.6. The third-order valence-corrected chi connectivity index (χ3v) is 7.02.